The maximum Gasteiger partial charge on any atom is 0.251 e. The van der Waals surface area contributed by atoms with Crippen molar-refractivity contribution < 1.29 is 9.18 Å². The summed E-state index contributed by atoms with van der Waals surface area (Å²) in [5, 5.41) is 2.96. The average molecular weight is 327 g/mol. The lowest BCUT2D eigenvalue weighted by Gasteiger charge is -2.16. The SMILES string of the molecule is Cc1cc(C(=O)N[C@H](C)c2ccc(F)cc2)ccc1C1CNNC1. The van der Waals surface area contributed by atoms with Crippen LogP contribution >= 0.6 is 0 Å². The van der Waals surface area contributed by atoms with Gasteiger partial charge in [0.1, 0.15) is 5.82 Å². The van der Waals surface area contributed by atoms with Crippen molar-refractivity contribution in [1.29, 1.82) is 0 Å². The van der Waals surface area contributed by atoms with Crippen molar-refractivity contribution in [2.45, 2.75) is 25.8 Å². The van der Waals surface area contributed by atoms with Crippen LogP contribution in [-0.2, 0) is 0 Å². The van der Waals surface area contributed by atoms with Gasteiger partial charge in [-0.15, -0.1) is 0 Å². The number of benzene rings is 2. The lowest BCUT2D eigenvalue weighted by Crippen LogP contribution is -2.26. The lowest BCUT2D eigenvalue weighted by atomic mass is 9.94. The predicted molar refractivity (Wildman–Crippen MR) is 92.2 cm³/mol. The van der Waals surface area contributed by atoms with Gasteiger partial charge in [-0.1, -0.05) is 18.2 Å². The topological polar surface area (TPSA) is 53.2 Å². The van der Waals surface area contributed by atoms with E-state index in [1.807, 2.05) is 32.0 Å². The number of hydrazine groups is 1. The minimum absolute atomic E-state index is 0.121. The summed E-state index contributed by atoms with van der Waals surface area (Å²) in [5.74, 6) is 0.0313. The molecule has 3 N–H and O–H groups in total. The van der Waals surface area contributed by atoms with Gasteiger partial charge in [0.2, 0.25) is 0 Å². The third kappa shape index (κ3) is 3.63. The van der Waals surface area contributed by atoms with Crippen LogP contribution < -0.4 is 16.2 Å². The van der Waals surface area contributed by atoms with Gasteiger partial charge in [-0.25, -0.2) is 4.39 Å². The molecule has 1 fully saturated rings. The molecule has 1 saturated heterocycles. The Morgan fingerprint density at radius 2 is 1.83 bits per heavy atom. The van der Waals surface area contributed by atoms with Gasteiger partial charge in [0.25, 0.3) is 5.91 Å². The van der Waals surface area contributed by atoms with Crippen LogP contribution in [0, 0.1) is 12.7 Å². The van der Waals surface area contributed by atoms with Crippen molar-refractivity contribution in [2.75, 3.05) is 13.1 Å². The van der Waals surface area contributed by atoms with Crippen LogP contribution in [0.4, 0.5) is 4.39 Å². The number of hydrogen-bond donors (Lipinski definition) is 3. The molecule has 0 bridgehead atoms. The zero-order valence-corrected chi connectivity index (χ0v) is 13.9. The van der Waals surface area contributed by atoms with Crippen molar-refractivity contribution in [1.82, 2.24) is 16.2 Å². The molecule has 0 spiro atoms. The second kappa shape index (κ2) is 7.11. The molecule has 2 aromatic rings. The second-order valence-electron chi connectivity index (χ2n) is 6.28. The molecule has 1 aliphatic heterocycles. The number of hydrogen-bond acceptors (Lipinski definition) is 3. The molecule has 3 rings (SSSR count). The highest BCUT2D eigenvalue weighted by Gasteiger charge is 2.19. The quantitative estimate of drug-likeness (QED) is 0.809. The van der Waals surface area contributed by atoms with Crippen LogP contribution in [-0.4, -0.2) is 19.0 Å². The molecule has 0 unspecified atom stereocenters. The molecule has 24 heavy (non-hydrogen) atoms. The van der Waals surface area contributed by atoms with Crippen molar-refractivity contribution in [3.63, 3.8) is 0 Å². The highest BCUT2D eigenvalue weighted by atomic mass is 19.1. The highest BCUT2D eigenvalue weighted by Crippen LogP contribution is 2.22. The second-order valence-corrected chi connectivity index (χ2v) is 6.28. The van der Waals surface area contributed by atoms with Crippen molar-refractivity contribution >= 4 is 5.91 Å². The average Bonchev–Trinajstić information content (AvgIpc) is 3.09. The Hall–Kier alpha value is -2.24. The summed E-state index contributed by atoms with van der Waals surface area (Å²) in [5.41, 5.74) is 10.2. The zero-order chi connectivity index (χ0) is 17.1. The first-order valence-corrected chi connectivity index (χ1v) is 8.17. The van der Waals surface area contributed by atoms with Crippen LogP contribution in [0.25, 0.3) is 0 Å². The van der Waals surface area contributed by atoms with Gasteiger partial charge < -0.3 is 5.32 Å². The summed E-state index contributed by atoms with van der Waals surface area (Å²) in [7, 11) is 0. The smallest absolute Gasteiger partial charge is 0.251 e. The fourth-order valence-corrected chi connectivity index (χ4v) is 3.07. The van der Waals surface area contributed by atoms with E-state index in [4.69, 9.17) is 0 Å². The van der Waals surface area contributed by atoms with Crippen LogP contribution in [0.15, 0.2) is 42.5 Å². The summed E-state index contributed by atoms with van der Waals surface area (Å²) in [4.78, 5) is 12.5. The largest absolute Gasteiger partial charge is 0.346 e. The molecule has 0 saturated carbocycles. The molecule has 126 valence electrons. The number of carbonyl (C=O) groups is 1. The maximum atomic E-state index is 13.0. The van der Waals surface area contributed by atoms with E-state index in [9.17, 15) is 9.18 Å². The summed E-state index contributed by atoms with van der Waals surface area (Å²) in [6.07, 6.45) is 0. The van der Waals surface area contributed by atoms with E-state index < -0.39 is 0 Å². The first-order valence-electron chi connectivity index (χ1n) is 8.17. The van der Waals surface area contributed by atoms with E-state index in [0.29, 0.717) is 11.5 Å². The monoisotopic (exact) mass is 327 g/mol. The van der Waals surface area contributed by atoms with E-state index >= 15 is 0 Å². The fraction of sp³-hybridized carbons (Fsp3) is 0.316. The van der Waals surface area contributed by atoms with E-state index in [2.05, 4.69) is 16.2 Å². The molecule has 1 amide bonds. The Bertz CT molecular complexity index is 724. The number of aryl methyl sites for hydroxylation is 1. The van der Waals surface area contributed by atoms with E-state index in [1.54, 1.807) is 12.1 Å². The summed E-state index contributed by atoms with van der Waals surface area (Å²) in [6.45, 7) is 5.72. The number of nitrogens with one attached hydrogen (secondary N) is 3. The van der Waals surface area contributed by atoms with E-state index in [-0.39, 0.29) is 17.8 Å². The molecular weight excluding hydrogens is 305 g/mol. The molecule has 2 aromatic carbocycles. The molecule has 1 heterocycles. The van der Waals surface area contributed by atoms with Gasteiger partial charge in [0, 0.05) is 24.6 Å². The van der Waals surface area contributed by atoms with E-state index in [1.165, 1.54) is 17.7 Å². The number of carbonyl (C=O) groups excluding carboxylic acids is 1. The standard InChI is InChI=1S/C19H22FN3O/c1-12-9-15(5-8-18(12)16-10-21-22-11-16)19(24)23-13(2)14-3-6-17(20)7-4-14/h3-9,13,16,21-22H,10-11H2,1-2H3,(H,23,24)/t13-/m1/s1. The predicted octanol–water partition coefficient (Wildman–Crippen LogP) is 2.82. The molecule has 0 aromatic heterocycles. The zero-order valence-electron chi connectivity index (χ0n) is 13.9. The minimum Gasteiger partial charge on any atom is -0.346 e. The van der Waals surface area contributed by atoms with Crippen LogP contribution in [0.1, 0.15) is 45.9 Å². The van der Waals surface area contributed by atoms with Gasteiger partial charge >= 0.3 is 0 Å². The van der Waals surface area contributed by atoms with Gasteiger partial charge in [-0.3, -0.25) is 15.6 Å². The van der Waals surface area contributed by atoms with Crippen molar-refractivity contribution in [3.05, 3.63) is 70.5 Å². The Morgan fingerprint density at radius 1 is 1.17 bits per heavy atom. The van der Waals surface area contributed by atoms with Gasteiger partial charge in [0.05, 0.1) is 6.04 Å². The molecule has 1 atom stereocenters. The Labute approximate surface area is 141 Å². The summed E-state index contributed by atoms with van der Waals surface area (Å²) in [6, 6.07) is 11.8. The lowest BCUT2D eigenvalue weighted by molar-refractivity contribution is 0.0940. The van der Waals surface area contributed by atoms with Crippen molar-refractivity contribution in [3.8, 4) is 0 Å². The fourth-order valence-electron chi connectivity index (χ4n) is 3.07. The first-order chi connectivity index (χ1) is 11.5. The first kappa shape index (κ1) is 16.6. The molecule has 1 aliphatic rings. The van der Waals surface area contributed by atoms with Crippen LogP contribution in [0.3, 0.4) is 0 Å². The summed E-state index contributed by atoms with van der Waals surface area (Å²) < 4.78 is 13.0. The van der Waals surface area contributed by atoms with Gasteiger partial charge in [-0.2, -0.15) is 0 Å². The Morgan fingerprint density at radius 3 is 2.46 bits per heavy atom. The summed E-state index contributed by atoms with van der Waals surface area (Å²) >= 11 is 0. The molecule has 4 nitrogen and oxygen atoms in total. The van der Waals surface area contributed by atoms with Crippen LogP contribution in [0.2, 0.25) is 0 Å². The maximum absolute atomic E-state index is 13.0. The van der Waals surface area contributed by atoms with Gasteiger partial charge in [0.15, 0.2) is 0 Å². The Balaban J connectivity index is 1.70. The normalized spacial score (nSPS) is 16.1. The highest BCUT2D eigenvalue weighted by molar-refractivity contribution is 5.94. The van der Waals surface area contributed by atoms with E-state index in [0.717, 1.165) is 24.2 Å². The molecule has 5 heteroatoms. The van der Waals surface area contributed by atoms with Crippen LogP contribution in [0.5, 0.6) is 0 Å². The molecule has 0 radical (unpaired) electrons. The number of amides is 1. The Kier molecular flexibility index (Phi) is 4.92. The third-order valence-electron chi connectivity index (χ3n) is 4.51. The molecular formula is C19H22FN3O. The number of halogens is 1. The number of rotatable bonds is 4. The van der Waals surface area contributed by atoms with Crippen molar-refractivity contribution in [2.24, 2.45) is 0 Å². The van der Waals surface area contributed by atoms with Gasteiger partial charge in [-0.05, 0) is 54.8 Å². The minimum atomic E-state index is -0.278. The third-order valence-corrected chi connectivity index (χ3v) is 4.51. The molecule has 0 aliphatic carbocycles.